The Morgan fingerprint density at radius 2 is 2.43 bits per heavy atom. The van der Waals surface area contributed by atoms with Crippen LogP contribution in [-0.2, 0) is 9.53 Å². The van der Waals surface area contributed by atoms with Crippen molar-refractivity contribution in [2.24, 2.45) is 5.92 Å². The van der Waals surface area contributed by atoms with Gasteiger partial charge in [-0.15, -0.1) is 0 Å². The number of likely N-dealkylation sites (tertiary alicyclic amines) is 1. The first-order chi connectivity index (χ1) is 6.67. The lowest BCUT2D eigenvalue weighted by atomic mass is 10.1. The van der Waals surface area contributed by atoms with Crippen molar-refractivity contribution >= 4 is 29.2 Å². The van der Waals surface area contributed by atoms with Crippen LogP contribution in [0.25, 0.3) is 0 Å². The Morgan fingerprint density at radius 3 is 3.00 bits per heavy atom. The molecule has 1 unspecified atom stereocenters. The van der Waals surface area contributed by atoms with Crippen LogP contribution in [-0.4, -0.2) is 37.6 Å². The van der Waals surface area contributed by atoms with E-state index in [2.05, 4.69) is 9.64 Å². The molecular formula is C9H13Cl2NO2. The molecule has 0 aromatic heterocycles. The summed E-state index contributed by atoms with van der Waals surface area (Å²) in [6.45, 7) is 2.17. The zero-order valence-electron chi connectivity index (χ0n) is 8.00. The monoisotopic (exact) mass is 237 g/mol. The minimum atomic E-state index is -0.140. The van der Waals surface area contributed by atoms with Gasteiger partial charge in [-0.2, -0.15) is 0 Å². The fraction of sp³-hybridized carbons (Fsp3) is 0.667. The SMILES string of the molecule is COC(=O)C1CCN(CC(Cl)=CCl)C1. The predicted octanol–water partition coefficient (Wildman–Crippen LogP) is 1.80. The number of ether oxygens (including phenoxy) is 1. The standard InChI is InChI=1S/C9H13Cl2NO2/c1-14-9(13)7-2-3-12(5-7)6-8(11)4-10/h4,7H,2-3,5-6H2,1H3. The average molecular weight is 238 g/mol. The van der Waals surface area contributed by atoms with Crippen molar-refractivity contribution in [1.82, 2.24) is 4.90 Å². The molecule has 0 bridgehead atoms. The van der Waals surface area contributed by atoms with Gasteiger partial charge < -0.3 is 4.74 Å². The minimum Gasteiger partial charge on any atom is -0.469 e. The normalized spacial score (nSPS) is 23.9. The Hall–Kier alpha value is -0.250. The number of carbonyl (C=O) groups excluding carboxylic acids is 1. The van der Waals surface area contributed by atoms with E-state index < -0.39 is 0 Å². The van der Waals surface area contributed by atoms with Gasteiger partial charge in [0, 0.05) is 23.7 Å². The second kappa shape index (κ2) is 5.59. The van der Waals surface area contributed by atoms with Gasteiger partial charge in [0.1, 0.15) is 0 Å². The van der Waals surface area contributed by atoms with Crippen LogP contribution >= 0.6 is 23.2 Å². The van der Waals surface area contributed by atoms with Crippen molar-refractivity contribution < 1.29 is 9.53 Å². The molecule has 0 spiro atoms. The minimum absolute atomic E-state index is 0.0141. The van der Waals surface area contributed by atoms with Crippen LogP contribution in [0.3, 0.4) is 0 Å². The molecule has 0 amide bonds. The smallest absolute Gasteiger partial charge is 0.310 e. The van der Waals surface area contributed by atoms with E-state index in [0.29, 0.717) is 18.1 Å². The third-order valence-corrected chi connectivity index (χ3v) is 2.90. The molecular weight excluding hydrogens is 225 g/mol. The summed E-state index contributed by atoms with van der Waals surface area (Å²) in [6.07, 6.45) is 0.832. The highest BCUT2D eigenvalue weighted by Gasteiger charge is 2.28. The second-order valence-electron chi connectivity index (χ2n) is 3.30. The van der Waals surface area contributed by atoms with E-state index in [0.717, 1.165) is 13.0 Å². The highest BCUT2D eigenvalue weighted by Crippen LogP contribution is 2.19. The van der Waals surface area contributed by atoms with Crippen LogP contribution in [0.1, 0.15) is 6.42 Å². The van der Waals surface area contributed by atoms with Crippen LogP contribution in [0.15, 0.2) is 10.6 Å². The van der Waals surface area contributed by atoms with E-state index in [1.807, 2.05) is 0 Å². The van der Waals surface area contributed by atoms with Crippen molar-refractivity contribution in [3.05, 3.63) is 10.6 Å². The van der Waals surface area contributed by atoms with E-state index in [4.69, 9.17) is 23.2 Å². The number of halogens is 2. The predicted molar refractivity (Wildman–Crippen MR) is 56.4 cm³/mol. The van der Waals surface area contributed by atoms with E-state index in [9.17, 15) is 4.79 Å². The molecule has 0 saturated carbocycles. The molecule has 1 fully saturated rings. The number of carbonyl (C=O) groups is 1. The van der Waals surface area contributed by atoms with Gasteiger partial charge in [-0.05, 0) is 13.0 Å². The number of hydrogen-bond donors (Lipinski definition) is 0. The lowest BCUT2D eigenvalue weighted by molar-refractivity contribution is -0.144. The summed E-state index contributed by atoms with van der Waals surface area (Å²) in [5, 5.41) is 0.595. The molecule has 3 nitrogen and oxygen atoms in total. The molecule has 14 heavy (non-hydrogen) atoms. The molecule has 5 heteroatoms. The summed E-state index contributed by atoms with van der Waals surface area (Å²) in [5.74, 6) is -0.154. The first-order valence-electron chi connectivity index (χ1n) is 4.42. The van der Waals surface area contributed by atoms with Gasteiger partial charge in [-0.3, -0.25) is 9.69 Å². The molecule has 0 aromatic rings. The molecule has 1 atom stereocenters. The van der Waals surface area contributed by atoms with E-state index in [1.54, 1.807) is 0 Å². The Bertz CT molecular complexity index is 243. The van der Waals surface area contributed by atoms with E-state index in [-0.39, 0.29) is 11.9 Å². The van der Waals surface area contributed by atoms with E-state index >= 15 is 0 Å². The molecule has 1 rings (SSSR count). The summed E-state index contributed by atoms with van der Waals surface area (Å²) < 4.78 is 4.67. The summed E-state index contributed by atoms with van der Waals surface area (Å²) in [7, 11) is 1.41. The first kappa shape index (κ1) is 11.8. The number of esters is 1. The Morgan fingerprint density at radius 1 is 1.71 bits per heavy atom. The quantitative estimate of drug-likeness (QED) is 0.702. The molecule has 1 saturated heterocycles. The number of methoxy groups -OCH3 is 1. The van der Waals surface area contributed by atoms with Gasteiger partial charge in [-0.1, -0.05) is 23.2 Å². The Kier molecular flexibility index (Phi) is 4.72. The Balaban J connectivity index is 2.38. The lowest BCUT2D eigenvalue weighted by Crippen LogP contribution is -2.25. The van der Waals surface area contributed by atoms with Crippen LogP contribution in [0.5, 0.6) is 0 Å². The molecule has 0 radical (unpaired) electrons. The van der Waals surface area contributed by atoms with Crippen molar-refractivity contribution in [2.45, 2.75) is 6.42 Å². The topological polar surface area (TPSA) is 29.5 Å². The number of nitrogens with zero attached hydrogens (tertiary/aromatic N) is 1. The fourth-order valence-corrected chi connectivity index (χ4v) is 1.82. The number of hydrogen-bond acceptors (Lipinski definition) is 3. The van der Waals surface area contributed by atoms with Gasteiger partial charge >= 0.3 is 5.97 Å². The Labute approximate surface area is 93.6 Å². The largest absolute Gasteiger partial charge is 0.469 e. The first-order valence-corrected chi connectivity index (χ1v) is 5.23. The summed E-state index contributed by atoms with van der Waals surface area (Å²) >= 11 is 11.2. The van der Waals surface area contributed by atoms with Crippen molar-refractivity contribution in [3.8, 4) is 0 Å². The average Bonchev–Trinajstić information content (AvgIpc) is 2.65. The van der Waals surface area contributed by atoms with Crippen LogP contribution in [0.2, 0.25) is 0 Å². The molecule has 80 valence electrons. The van der Waals surface area contributed by atoms with Gasteiger partial charge in [0.15, 0.2) is 0 Å². The molecule has 1 aliphatic rings. The van der Waals surface area contributed by atoms with E-state index in [1.165, 1.54) is 12.6 Å². The van der Waals surface area contributed by atoms with Gasteiger partial charge in [0.2, 0.25) is 0 Å². The van der Waals surface area contributed by atoms with Crippen molar-refractivity contribution in [1.29, 1.82) is 0 Å². The molecule has 0 N–H and O–H groups in total. The summed E-state index contributed by atoms with van der Waals surface area (Å²) in [6, 6.07) is 0. The summed E-state index contributed by atoms with van der Waals surface area (Å²) in [5.41, 5.74) is 1.35. The van der Waals surface area contributed by atoms with Crippen molar-refractivity contribution in [3.63, 3.8) is 0 Å². The maximum atomic E-state index is 11.2. The highest BCUT2D eigenvalue weighted by atomic mass is 35.5. The van der Waals surface area contributed by atoms with Gasteiger partial charge in [0.05, 0.1) is 13.0 Å². The number of rotatable bonds is 3. The second-order valence-corrected chi connectivity index (χ2v) is 4.00. The van der Waals surface area contributed by atoms with Gasteiger partial charge in [0.25, 0.3) is 0 Å². The third kappa shape index (κ3) is 3.15. The van der Waals surface area contributed by atoms with Gasteiger partial charge in [-0.25, -0.2) is 0 Å². The maximum Gasteiger partial charge on any atom is 0.310 e. The fourth-order valence-electron chi connectivity index (χ4n) is 1.58. The molecule has 0 aromatic carbocycles. The third-order valence-electron chi connectivity index (χ3n) is 2.30. The lowest BCUT2D eigenvalue weighted by Gasteiger charge is -2.13. The van der Waals surface area contributed by atoms with Crippen molar-refractivity contribution in [2.75, 3.05) is 26.7 Å². The van der Waals surface area contributed by atoms with Crippen LogP contribution in [0.4, 0.5) is 0 Å². The zero-order chi connectivity index (χ0) is 10.6. The summed E-state index contributed by atoms with van der Waals surface area (Å²) in [4.78, 5) is 13.3. The highest BCUT2D eigenvalue weighted by molar-refractivity contribution is 6.36. The molecule has 1 aliphatic heterocycles. The zero-order valence-corrected chi connectivity index (χ0v) is 9.51. The maximum absolute atomic E-state index is 11.2. The molecule has 0 aliphatic carbocycles. The van der Waals surface area contributed by atoms with Crippen LogP contribution in [0, 0.1) is 5.92 Å². The van der Waals surface area contributed by atoms with Crippen LogP contribution < -0.4 is 0 Å². The molecule has 1 heterocycles.